The molecule has 0 radical (unpaired) electrons. The zero-order chi connectivity index (χ0) is 12.1. The third kappa shape index (κ3) is 1.63. The molecule has 96 valence electrons. The van der Waals surface area contributed by atoms with Crippen LogP contribution in [0.1, 0.15) is 36.8 Å². The molecule has 3 aliphatic rings. The van der Waals surface area contributed by atoms with Gasteiger partial charge in [-0.15, -0.1) is 0 Å². The van der Waals surface area contributed by atoms with Gasteiger partial charge in [0, 0.05) is 25.9 Å². The molecule has 2 heteroatoms. The van der Waals surface area contributed by atoms with Gasteiger partial charge >= 0.3 is 0 Å². The summed E-state index contributed by atoms with van der Waals surface area (Å²) < 4.78 is 6.70. The Labute approximate surface area is 109 Å². The first kappa shape index (κ1) is 11.0. The van der Waals surface area contributed by atoms with Crippen molar-refractivity contribution in [2.75, 3.05) is 13.1 Å². The molecule has 2 spiro atoms. The molecule has 1 aliphatic heterocycles. The molecule has 2 fully saturated rings. The quantitative estimate of drug-likeness (QED) is 0.756. The summed E-state index contributed by atoms with van der Waals surface area (Å²) >= 11 is 0. The Morgan fingerprint density at radius 3 is 2.17 bits per heavy atom. The van der Waals surface area contributed by atoms with E-state index >= 15 is 0 Å². The van der Waals surface area contributed by atoms with E-state index in [4.69, 9.17) is 4.74 Å². The van der Waals surface area contributed by atoms with Crippen molar-refractivity contribution in [1.82, 2.24) is 5.32 Å². The Morgan fingerprint density at radius 2 is 1.50 bits per heavy atom. The molecule has 0 unspecified atom stereocenters. The monoisotopic (exact) mass is 243 g/mol. The highest BCUT2D eigenvalue weighted by Crippen LogP contribution is 2.43. The third-order valence-corrected chi connectivity index (χ3v) is 4.99. The molecule has 2 nitrogen and oxygen atoms in total. The van der Waals surface area contributed by atoms with Crippen molar-refractivity contribution in [3.63, 3.8) is 0 Å². The summed E-state index contributed by atoms with van der Waals surface area (Å²) in [5.41, 5.74) is 3.19. The first-order valence-corrected chi connectivity index (χ1v) is 7.27. The average Bonchev–Trinajstić information content (AvgIpc) is 2.93. The van der Waals surface area contributed by atoms with Crippen LogP contribution in [-0.2, 0) is 17.6 Å². The predicted molar refractivity (Wildman–Crippen MR) is 71.7 cm³/mol. The molecule has 1 N–H and O–H groups in total. The maximum atomic E-state index is 6.70. The van der Waals surface area contributed by atoms with Crippen molar-refractivity contribution in [2.24, 2.45) is 0 Å². The molecule has 1 saturated carbocycles. The second-order valence-corrected chi connectivity index (χ2v) is 6.40. The van der Waals surface area contributed by atoms with Crippen molar-refractivity contribution in [3.05, 3.63) is 35.4 Å². The van der Waals surface area contributed by atoms with E-state index < -0.39 is 0 Å². The Kier molecular flexibility index (Phi) is 2.33. The lowest BCUT2D eigenvalue weighted by Crippen LogP contribution is -2.60. The van der Waals surface area contributed by atoms with Gasteiger partial charge < -0.3 is 10.1 Å². The SMILES string of the molecule is c1ccc2c(c1)CC1(CNCC3(CCCC3)O1)C2. The second kappa shape index (κ2) is 3.82. The molecule has 0 amide bonds. The van der Waals surface area contributed by atoms with Gasteiger partial charge in [0.1, 0.15) is 0 Å². The van der Waals surface area contributed by atoms with Crippen LogP contribution < -0.4 is 5.32 Å². The maximum absolute atomic E-state index is 6.70. The minimum Gasteiger partial charge on any atom is -0.365 e. The van der Waals surface area contributed by atoms with Crippen molar-refractivity contribution >= 4 is 0 Å². The molecular formula is C16H21NO. The predicted octanol–water partition coefficient (Wildman–Crippen LogP) is 2.46. The number of benzene rings is 1. The standard InChI is InChI=1S/C16H21NO/c1-2-6-14-10-16(9-13(14)5-1)12-17-11-15(18-16)7-3-4-8-15/h1-2,5-6,17H,3-4,7-12H2. The summed E-state index contributed by atoms with van der Waals surface area (Å²) in [7, 11) is 0. The molecule has 1 aromatic rings. The van der Waals surface area contributed by atoms with Gasteiger partial charge in [-0.05, 0) is 24.0 Å². The topological polar surface area (TPSA) is 21.3 Å². The minimum absolute atomic E-state index is 0.0479. The van der Waals surface area contributed by atoms with Gasteiger partial charge in [0.05, 0.1) is 11.2 Å². The number of fused-ring (bicyclic) bond motifs is 1. The summed E-state index contributed by atoms with van der Waals surface area (Å²) in [4.78, 5) is 0. The molecule has 4 rings (SSSR count). The molecule has 18 heavy (non-hydrogen) atoms. The highest BCUT2D eigenvalue weighted by molar-refractivity contribution is 5.36. The lowest BCUT2D eigenvalue weighted by atomic mass is 9.91. The first-order valence-electron chi connectivity index (χ1n) is 7.27. The number of morpholine rings is 1. The molecule has 1 aromatic carbocycles. The van der Waals surface area contributed by atoms with E-state index in [1.807, 2.05) is 0 Å². The van der Waals surface area contributed by atoms with Crippen LogP contribution in [0.15, 0.2) is 24.3 Å². The highest BCUT2D eigenvalue weighted by atomic mass is 16.5. The molecule has 0 bridgehead atoms. The molecule has 0 atom stereocenters. The zero-order valence-electron chi connectivity index (χ0n) is 10.9. The van der Waals surface area contributed by atoms with Crippen LogP contribution in [-0.4, -0.2) is 24.3 Å². The third-order valence-electron chi connectivity index (χ3n) is 4.99. The van der Waals surface area contributed by atoms with Crippen LogP contribution in [0.25, 0.3) is 0 Å². The summed E-state index contributed by atoms with van der Waals surface area (Å²) in [6, 6.07) is 8.84. The van der Waals surface area contributed by atoms with E-state index in [9.17, 15) is 0 Å². The van der Waals surface area contributed by atoms with E-state index in [-0.39, 0.29) is 11.2 Å². The number of hydrogen-bond donors (Lipinski definition) is 1. The van der Waals surface area contributed by atoms with Gasteiger partial charge in [-0.2, -0.15) is 0 Å². The van der Waals surface area contributed by atoms with E-state index in [0.29, 0.717) is 0 Å². The fourth-order valence-corrected chi connectivity index (χ4v) is 4.20. The Bertz CT molecular complexity index is 437. The largest absolute Gasteiger partial charge is 0.365 e. The summed E-state index contributed by atoms with van der Waals surface area (Å²) in [5.74, 6) is 0. The normalized spacial score (nSPS) is 27.8. The minimum atomic E-state index is 0.0479. The zero-order valence-corrected chi connectivity index (χ0v) is 10.9. The first-order chi connectivity index (χ1) is 8.79. The molecule has 1 saturated heterocycles. The summed E-state index contributed by atoms with van der Waals surface area (Å²) in [6.45, 7) is 2.08. The lowest BCUT2D eigenvalue weighted by molar-refractivity contribution is -0.170. The van der Waals surface area contributed by atoms with E-state index in [1.165, 1.54) is 36.8 Å². The van der Waals surface area contributed by atoms with Gasteiger partial charge in [0.25, 0.3) is 0 Å². The van der Waals surface area contributed by atoms with E-state index in [0.717, 1.165) is 25.9 Å². The molecule has 1 heterocycles. The van der Waals surface area contributed by atoms with Gasteiger partial charge in [-0.25, -0.2) is 0 Å². The van der Waals surface area contributed by atoms with Crippen LogP contribution in [0.4, 0.5) is 0 Å². The van der Waals surface area contributed by atoms with Crippen molar-refractivity contribution in [1.29, 1.82) is 0 Å². The Hall–Kier alpha value is -0.860. The second-order valence-electron chi connectivity index (χ2n) is 6.40. The molecule has 0 aromatic heterocycles. The average molecular weight is 243 g/mol. The summed E-state index contributed by atoms with van der Waals surface area (Å²) in [6.07, 6.45) is 7.36. The van der Waals surface area contributed by atoms with Crippen molar-refractivity contribution in [2.45, 2.75) is 49.7 Å². The number of rotatable bonds is 0. The van der Waals surface area contributed by atoms with Crippen molar-refractivity contribution < 1.29 is 4.74 Å². The Morgan fingerprint density at radius 1 is 0.889 bits per heavy atom. The van der Waals surface area contributed by atoms with E-state index in [2.05, 4.69) is 29.6 Å². The number of ether oxygens (including phenoxy) is 1. The molecule has 2 aliphatic carbocycles. The smallest absolute Gasteiger partial charge is 0.0894 e. The van der Waals surface area contributed by atoms with Gasteiger partial charge in [-0.1, -0.05) is 37.1 Å². The van der Waals surface area contributed by atoms with Crippen LogP contribution in [0, 0.1) is 0 Å². The number of nitrogens with one attached hydrogen (secondary N) is 1. The van der Waals surface area contributed by atoms with Gasteiger partial charge in [0.2, 0.25) is 0 Å². The van der Waals surface area contributed by atoms with Crippen LogP contribution in [0.5, 0.6) is 0 Å². The van der Waals surface area contributed by atoms with Crippen LogP contribution in [0.2, 0.25) is 0 Å². The highest BCUT2D eigenvalue weighted by Gasteiger charge is 2.49. The molecular weight excluding hydrogens is 222 g/mol. The maximum Gasteiger partial charge on any atom is 0.0894 e. The van der Waals surface area contributed by atoms with E-state index in [1.54, 1.807) is 0 Å². The van der Waals surface area contributed by atoms with Gasteiger partial charge in [0.15, 0.2) is 0 Å². The Balaban J connectivity index is 1.62. The number of hydrogen-bond acceptors (Lipinski definition) is 2. The lowest BCUT2D eigenvalue weighted by Gasteiger charge is -2.45. The fourth-order valence-electron chi connectivity index (χ4n) is 4.20. The fraction of sp³-hybridized carbons (Fsp3) is 0.625. The van der Waals surface area contributed by atoms with Crippen molar-refractivity contribution in [3.8, 4) is 0 Å². The van der Waals surface area contributed by atoms with Crippen LogP contribution >= 0.6 is 0 Å². The summed E-state index contributed by atoms with van der Waals surface area (Å²) in [5, 5.41) is 3.66. The van der Waals surface area contributed by atoms with Gasteiger partial charge in [-0.3, -0.25) is 0 Å². The van der Waals surface area contributed by atoms with Crippen LogP contribution in [0.3, 0.4) is 0 Å².